The molecule has 0 fully saturated rings. The molecule has 0 saturated carbocycles. The number of nitrogens with one attached hydrogen (secondary N) is 2. The van der Waals surface area contributed by atoms with Crippen molar-refractivity contribution in [1.29, 1.82) is 0 Å². The van der Waals surface area contributed by atoms with Gasteiger partial charge in [0.15, 0.2) is 0 Å². The summed E-state index contributed by atoms with van der Waals surface area (Å²) in [6.45, 7) is 13.2. The second-order valence-corrected chi connectivity index (χ2v) is 5.99. The Balaban J connectivity index is 4.29. The van der Waals surface area contributed by atoms with Crippen LogP contribution in [0.4, 0.5) is 0 Å². The number of carbonyl (C=O) groups excluding carboxylic acids is 2. The lowest BCUT2D eigenvalue weighted by Crippen LogP contribution is -2.50. The maximum absolute atomic E-state index is 11.8. The molecule has 2 N–H and O–H groups in total. The maximum atomic E-state index is 11.8. The van der Waals surface area contributed by atoms with Gasteiger partial charge in [0, 0.05) is 11.5 Å². The molecule has 0 heterocycles. The van der Waals surface area contributed by atoms with Crippen LogP contribution in [0.3, 0.4) is 0 Å². The smallest absolute Gasteiger partial charge is 0.242 e. The number of hydrogen-bond acceptors (Lipinski definition) is 2. The molecule has 0 rings (SSSR count). The van der Waals surface area contributed by atoms with Crippen LogP contribution in [0.5, 0.6) is 0 Å². The van der Waals surface area contributed by atoms with Crippen molar-refractivity contribution in [3.05, 3.63) is 0 Å². The molecule has 4 nitrogen and oxygen atoms in total. The third-order valence-electron chi connectivity index (χ3n) is 2.79. The van der Waals surface area contributed by atoms with Gasteiger partial charge in [-0.2, -0.15) is 0 Å². The fraction of sp³-hybridized carbons (Fsp3) is 0.846. The minimum atomic E-state index is -0.497. The van der Waals surface area contributed by atoms with Gasteiger partial charge in [0.2, 0.25) is 11.8 Å². The Hall–Kier alpha value is -1.06. The Morgan fingerprint density at radius 1 is 0.941 bits per heavy atom. The van der Waals surface area contributed by atoms with Crippen LogP contribution in [-0.2, 0) is 9.59 Å². The number of hydrogen-bond donors (Lipinski definition) is 2. The third-order valence-corrected chi connectivity index (χ3v) is 2.79. The molecule has 0 aliphatic rings. The minimum absolute atomic E-state index is 0.108. The Kier molecular flexibility index (Phi) is 5.66. The van der Waals surface area contributed by atoms with Crippen molar-refractivity contribution in [3.8, 4) is 0 Å². The van der Waals surface area contributed by atoms with Crippen LogP contribution in [0.2, 0.25) is 0 Å². The lowest BCUT2D eigenvalue weighted by Gasteiger charge is -2.24. The number of carbonyl (C=O) groups is 2. The van der Waals surface area contributed by atoms with Crippen LogP contribution in [-0.4, -0.2) is 23.9 Å². The summed E-state index contributed by atoms with van der Waals surface area (Å²) in [4.78, 5) is 23.5. The zero-order valence-corrected chi connectivity index (χ0v) is 12.0. The predicted octanol–water partition coefficient (Wildman–Crippen LogP) is 1.70. The first-order valence-electron chi connectivity index (χ1n) is 6.17. The lowest BCUT2D eigenvalue weighted by molar-refractivity contribution is -0.133. The van der Waals surface area contributed by atoms with Crippen molar-refractivity contribution in [3.63, 3.8) is 0 Å². The van der Waals surface area contributed by atoms with E-state index in [0.29, 0.717) is 5.92 Å². The van der Waals surface area contributed by atoms with E-state index in [0.717, 1.165) is 0 Å². The first-order valence-corrected chi connectivity index (χ1v) is 6.17. The molecule has 0 aromatic carbocycles. The highest BCUT2D eigenvalue weighted by Crippen LogP contribution is 2.12. The van der Waals surface area contributed by atoms with E-state index in [-0.39, 0.29) is 17.9 Å². The molecule has 0 unspecified atom stereocenters. The minimum Gasteiger partial charge on any atom is -0.352 e. The molecule has 17 heavy (non-hydrogen) atoms. The molecule has 2 atom stereocenters. The largest absolute Gasteiger partial charge is 0.352 e. The van der Waals surface area contributed by atoms with Gasteiger partial charge in [0.05, 0.1) is 0 Å². The highest BCUT2D eigenvalue weighted by atomic mass is 16.2. The van der Waals surface area contributed by atoms with Crippen molar-refractivity contribution in [2.45, 2.75) is 60.5 Å². The second kappa shape index (κ2) is 6.03. The molecule has 0 spiro atoms. The zero-order valence-electron chi connectivity index (χ0n) is 12.0. The Labute approximate surface area is 105 Å². The third kappa shape index (κ3) is 5.71. The number of amides is 2. The summed E-state index contributed by atoms with van der Waals surface area (Å²) in [6, 6.07) is -0.389. The Bertz CT molecular complexity index is 280. The van der Waals surface area contributed by atoms with Gasteiger partial charge in [0.1, 0.15) is 6.04 Å². The number of rotatable bonds is 4. The Morgan fingerprint density at radius 3 is 1.76 bits per heavy atom. The highest BCUT2D eigenvalue weighted by Gasteiger charge is 2.25. The first kappa shape index (κ1) is 15.9. The topological polar surface area (TPSA) is 58.2 Å². The van der Waals surface area contributed by atoms with Gasteiger partial charge in [-0.25, -0.2) is 0 Å². The summed E-state index contributed by atoms with van der Waals surface area (Å²) in [5, 5.41) is 5.60. The molecule has 2 amide bonds. The summed E-state index contributed by atoms with van der Waals surface area (Å²) in [5.41, 5.74) is -0.474. The van der Waals surface area contributed by atoms with Crippen molar-refractivity contribution < 1.29 is 9.59 Å². The molecule has 4 heteroatoms. The van der Waals surface area contributed by atoms with E-state index >= 15 is 0 Å². The zero-order chi connectivity index (χ0) is 13.8. The van der Waals surface area contributed by atoms with Crippen LogP contribution >= 0.6 is 0 Å². The standard InChI is InChI=1S/C13H26N2O2/c1-8(2)9(3)14-11(16)10(4)15-12(17)13(5,6)7/h8-10H,1-7H3,(H,14,16)(H,15,17)/t9-,10-/m0/s1. The molecule has 100 valence electrons. The summed E-state index contributed by atoms with van der Waals surface area (Å²) in [7, 11) is 0. The van der Waals surface area contributed by atoms with E-state index in [9.17, 15) is 9.59 Å². The maximum Gasteiger partial charge on any atom is 0.242 e. The van der Waals surface area contributed by atoms with Gasteiger partial charge in [-0.15, -0.1) is 0 Å². The van der Waals surface area contributed by atoms with E-state index in [1.165, 1.54) is 0 Å². The highest BCUT2D eigenvalue weighted by molar-refractivity contribution is 5.89. The fourth-order valence-corrected chi connectivity index (χ4v) is 0.995. The van der Waals surface area contributed by atoms with Gasteiger partial charge in [0.25, 0.3) is 0 Å². The van der Waals surface area contributed by atoms with Crippen LogP contribution in [0, 0.1) is 11.3 Å². The van der Waals surface area contributed by atoms with Gasteiger partial charge in [-0.3, -0.25) is 9.59 Å². The molecule has 0 radical (unpaired) electrons. The van der Waals surface area contributed by atoms with Crippen LogP contribution in [0.25, 0.3) is 0 Å². The van der Waals surface area contributed by atoms with E-state index in [1.54, 1.807) is 6.92 Å². The molecular formula is C13H26N2O2. The van der Waals surface area contributed by atoms with E-state index in [1.807, 2.05) is 41.5 Å². The molecule has 0 aromatic rings. The quantitative estimate of drug-likeness (QED) is 0.788. The summed E-state index contributed by atoms with van der Waals surface area (Å²) < 4.78 is 0. The second-order valence-electron chi connectivity index (χ2n) is 5.99. The normalized spacial score (nSPS) is 15.3. The van der Waals surface area contributed by atoms with Crippen molar-refractivity contribution in [1.82, 2.24) is 10.6 Å². The van der Waals surface area contributed by atoms with Gasteiger partial charge < -0.3 is 10.6 Å². The van der Waals surface area contributed by atoms with Gasteiger partial charge >= 0.3 is 0 Å². The van der Waals surface area contributed by atoms with E-state index < -0.39 is 11.5 Å². The fourth-order valence-electron chi connectivity index (χ4n) is 0.995. The summed E-state index contributed by atoms with van der Waals surface area (Å²) in [5.74, 6) is 0.130. The van der Waals surface area contributed by atoms with E-state index in [2.05, 4.69) is 10.6 Å². The molecule has 0 saturated heterocycles. The molecule has 0 aliphatic heterocycles. The Morgan fingerprint density at radius 2 is 1.41 bits per heavy atom. The molecule has 0 aliphatic carbocycles. The average Bonchev–Trinajstić information content (AvgIpc) is 2.15. The lowest BCUT2D eigenvalue weighted by atomic mass is 9.95. The average molecular weight is 242 g/mol. The van der Waals surface area contributed by atoms with Crippen LogP contribution in [0.15, 0.2) is 0 Å². The van der Waals surface area contributed by atoms with Crippen molar-refractivity contribution in [2.24, 2.45) is 11.3 Å². The molecule has 0 aromatic heterocycles. The predicted molar refractivity (Wildman–Crippen MR) is 69.5 cm³/mol. The SMILES string of the molecule is CC(C)[C@H](C)NC(=O)[C@H](C)NC(=O)C(C)(C)C. The van der Waals surface area contributed by atoms with E-state index in [4.69, 9.17) is 0 Å². The van der Waals surface area contributed by atoms with Crippen LogP contribution < -0.4 is 10.6 Å². The first-order chi connectivity index (χ1) is 7.55. The van der Waals surface area contributed by atoms with Gasteiger partial charge in [-0.05, 0) is 19.8 Å². The molecule has 0 bridgehead atoms. The molecular weight excluding hydrogens is 216 g/mol. The van der Waals surface area contributed by atoms with Crippen molar-refractivity contribution >= 4 is 11.8 Å². The summed E-state index contributed by atoms with van der Waals surface area (Å²) in [6.07, 6.45) is 0. The summed E-state index contributed by atoms with van der Waals surface area (Å²) >= 11 is 0. The van der Waals surface area contributed by atoms with Crippen LogP contribution in [0.1, 0.15) is 48.5 Å². The monoisotopic (exact) mass is 242 g/mol. The van der Waals surface area contributed by atoms with Gasteiger partial charge in [-0.1, -0.05) is 34.6 Å². The van der Waals surface area contributed by atoms with Crippen molar-refractivity contribution in [2.75, 3.05) is 0 Å².